The molecule has 0 aromatic carbocycles. The first kappa shape index (κ1) is 8.37. The van der Waals surface area contributed by atoms with E-state index in [4.69, 9.17) is 5.11 Å². The molecule has 9 heavy (non-hydrogen) atoms. The summed E-state index contributed by atoms with van der Waals surface area (Å²) in [5.41, 5.74) is 0.427. The molecule has 0 spiro atoms. The maximum atomic E-state index is 9.81. The molecule has 0 aliphatic carbocycles. The molecule has 1 unspecified atom stereocenters. The lowest BCUT2D eigenvalue weighted by Crippen LogP contribution is -1.99. The van der Waals surface area contributed by atoms with Crippen molar-refractivity contribution in [2.45, 2.75) is 25.9 Å². The smallest absolute Gasteiger partial charge is 0.228 e. The molecule has 0 saturated heterocycles. The fourth-order valence-corrected chi connectivity index (χ4v) is 0.434. The van der Waals surface area contributed by atoms with Gasteiger partial charge in [-0.2, -0.15) is 0 Å². The molecule has 0 rings (SSSR count). The number of hydrogen-bond donors (Lipinski definition) is 1. The van der Waals surface area contributed by atoms with E-state index in [2.05, 4.69) is 6.58 Å². The van der Waals surface area contributed by atoms with Crippen LogP contribution in [0.25, 0.3) is 0 Å². The molecule has 2 nitrogen and oxygen atoms in total. The molecule has 0 aromatic rings. The van der Waals surface area contributed by atoms with E-state index in [0.29, 0.717) is 18.4 Å². The number of rotatable bonds is 4. The van der Waals surface area contributed by atoms with E-state index in [1.54, 1.807) is 13.2 Å². The summed E-state index contributed by atoms with van der Waals surface area (Å²) in [4.78, 5) is 9.81. The highest BCUT2D eigenvalue weighted by atomic mass is 16.3. The van der Waals surface area contributed by atoms with Gasteiger partial charge >= 0.3 is 0 Å². The van der Waals surface area contributed by atoms with Gasteiger partial charge in [-0.1, -0.05) is 6.58 Å². The Morgan fingerprint density at radius 2 is 2.44 bits per heavy atom. The highest BCUT2D eigenvalue weighted by molar-refractivity contribution is 5.72. The van der Waals surface area contributed by atoms with Crippen molar-refractivity contribution in [1.82, 2.24) is 0 Å². The van der Waals surface area contributed by atoms with E-state index in [1.807, 2.05) is 0 Å². The van der Waals surface area contributed by atoms with Crippen LogP contribution in [-0.4, -0.2) is 17.5 Å². The standard InChI is InChI=1S/C7H11O2/c1-6(5-8)3-4-7(2)9/h7,9H,1,3-4H2,2H3. The minimum Gasteiger partial charge on any atom is -0.393 e. The molecule has 0 fully saturated rings. The first-order valence-corrected chi connectivity index (χ1v) is 2.91. The van der Waals surface area contributed by atoms with Crippen LogP contribution >= 0.6 is 0 Å². The molecule has 1 atom stereocenters. The van der Waals surface area contributed by atoms with Crippen molar-refractivity contribution < 1.29 is 9.90 Å². The Bertz CT molecular complexity index is 105. The van der Waals surface area contributed by atoms with Gasteiger partial charge in [0.1, 0.15) is 0 Å². The van der Waals surface area contributed by atoms with Crippen molar-refractivity contribution >= 4 is 6.29 Å². The molecule has 0 aromatic heterocycles. The highest BCUT2D eigenvalue weighted by Gasteiger charge is 1.96. The second kappa shape index (κ2) is 4.27. The van der Waals surface area contributed by atoms with Gasteiger partial charge in [-0.25, -0.2) is 0 Å². The number of allylic oxidation sites excluding steroid dienone is 1. The lowest BCUT2D eigenvalue weighted by molar-refractivity contribution is 0.185. The quantitative estimate of drug-likeness (QED) is 0.567. The van der Waals surface area contributed by atoms with Crippen LogP contribution in [0.4, 0.5) is 0 Å². The normalized spacial score (nSPS) is 12.7. The summed E-state index contributed by atoms with van der Waals surface area (Å²) in [5, 5.41) is 8.73. The second-order valence-corrected chi connectivity index (χ2v) is 2.09. The summed E-state index contributed by atoms with van der Waals surface area (Å²) in [7, 11) is 0. The molecule has 0 aliphatic heterocycles. The number of hydrogen-bond acceptors (Lipinski definition) is 2. The van der Waals surface area contributed by atoms with Crippen LogP contribution in [0.1, 0.15) is 19.8 Å². The Morgan fingerprint density at radius 3 is 2.78 bits per heavy atom. The van der Waals surface area contributed by atoms with Crippen LogP contribution < -0.4 is 0 Å². The van der Waals surface area contributed by atoms with Crippen LogP contribution in [0, 0.1) is 0 Å². The Balaban J connectivity index is 3.27. The average molecular weight is 127 g/mol. The van der Waals surface area contributed by atoms with Crippen molar-refractivity contribution in [3.8, 4) is 0 Å². The van der Waals surface area contributed by atoms with Gasteiger partial charge in [0.15, 0.2) is 0 Å². The fourth-order valence-electron chi connectivity index (χ4n) is 0.434. The summed E-state index contributed by atoms with van der Waals surface area (Å²) in [6.45, 7) is 5.09. The van der Waals surface area contributed by atoms with Gasteiger partial charge in [-0.3, -0.25) is 4.79 Å². The van der Waals surface area contributed by atoms with Gasteiger partial charge in [-0.05, 0) is 25.3 Å². The van der Waals surface area contributed by atoms with Crippen LogP contribution in [0.2, 0.25) is 0 Å². The van der Waals surface area contributed by atoms with Gasteiger partial charge < -0.3 is 5.11 Å². The summed E-state index contributed by atoms with van der Waals surface area (Å²) in [5.74, 6) is 0. The minimum absolute atomic E-state index is 0.352. The zero-order valence-corrected chi connectivity index (χ0v) is 5.55. The molecule has 0 bridgehead atoms. The van der Waals surface area contributed by atoms with Gasteiger partial charge in [-0.15, -0.1) is 0 Å². The van der Waals surface area contributed by atoms with Crippen molar-refractivity contribution in [2.24, 2.45) is 0 Å². The predicted molar refractivity (Wildman–Crippen MR) is 35.7 cm³/mol. The molecule has 2 heteroatoms. The van der Waals surface area contributed by atoms with E-state index in [0.717, 1.165) is 0 Å². The van der Waals surface area contributed by atoms with E-state index < -0.39 is 0 Å². The Morgan fingerprint density at radius 1 is 1.89 bits per heavy atom. The third-order valence-corrected chi connectivity index (χ3v) is 1.01. The molecule has 51 valence electrons. The van der Waals surface area contributed by atoms with Crippen LogP contribution in [0.3, 0.4) is 0 Å². The Hall–Kier alpha value is -0.630. The van der Waals surface area contributed by atoms with Crippen LogP contribution in [-0.2, 0) is 4.79 Å². The molecular formula is C7H11O2. The lowest BCUT2D eigenvalue weighted by Gasteiger charge is -1.99. The minimum atomic E-state index is -0.352. The van der Waals surface area contributed by atoms with Gasteiger partial charge in [0, 0.05) is 0 Å². The van der Waals surface area contributed by atoms with E-state index in [1.165, 1.54) is 0 Å². The first-order chi connectivity index (χ1) is 4.16. The molecule has 1 N–H and O–H groups in total. The second-order valence-electron chi connectivity index (χ2n) is 2.09. The van der Waals surface area contributed by atoms with E-state index in [9.17, 15) is 4.79 Å². The summed E-state index contributed by atoms with van der Waals surface area (Å²) < 4.78 is 0. The van der Waals surface area contributed by atoms with Crippen molar-refractivity contribution in [3.05, 3.63) is 12.2 Å². The number of aliphatic hydroxyl groups is 1. The van der Waals surface area contributed by atoms with Gasteiger partial charge in [0.05, 0.1) is 6.10 Å². The third kappa shape index (κ3) is 5.24. The van der Waals surface area contributed by atoms with Crippen LogP contribution in [0.15, 0.2) is 12.2 Å². The summed E-state index contributed by atoms with van der Waals surface area (Å²) >= 11 is 0. The van der Waals surface area contributed by atoms with Crippen molar-refractivity contribution in [2.75, 3.05) is 0 Å². The van der Waals surface area contributed by atoms with Gasteiger partial charge in [0.25, 0.3) is 0 Å². The van der Waals surface area contributed by atoms with Crippen molar-refractivity contribution in [1.29, 1.82) is 0 Å². The molecule has 0 amide bonds. The van der Waals surface area contributed by atoms with Crippen molar-refractivity contribution in [3.63, 3.8) is 0 Å². The molecule has 0 saturated carbocycles. The Kier molecular flexibility index (Phi) is 3.97. The molecule has 0 aliphatic rings. The summed E-state index contributed by atoms with van der Waals surface area (Å²) in [6.07, 6.45) is 2.45. The molecule has 0 heterocycles. The maximum absolute atomic E-state index is 9.81. The van der Waals surface area contributed by atoms with E-state index >= 15 is 0 Å². The monoisotopic (exact) mass is 127 g/mol. The number of carbonyl (C=O) groups excluding carboxylic acids is 1. The topological polar surface area (TPSA) is 37.3 Å². The predicted octanol–water partition coefficient (Wildman–Crippen LogP) is 0.813. The molecular weight excluding hydrogens is 116 g/mol. The van der Waals surface area contributed by atoms with Gasteiger partial charge in [0.2, 0.25) is 6.29 Å². The molecule has 1 radical (unpaired) electrons. The summed E-state index contributed by atoms with van der Waals surface area (Å²) in [6, 6.07) is 0. The number of aliphatic hydroxyl groups excluding tert-OH is 1. The third-order valence-electron chi connectivity index (χ3n) is 1.01. The highest BCUT2D eigenvalue weighted by Crippen LogP contribution is 2.01. The SMILES string of the molecule is C=C([C]=O)CCC(C)O. The lowest BCUT2D eigenvalue weighted by atomic mass is 10.1. The maximum Gasteiger partial charge on any atom is 0.228 e. The largest absolute Gasteiger partial charge is 0.393 e. The average Bonchev–Trinajstić information content (AvgIpc) is 1.83. The van der Waals surface area contributed by atoms with Crippen LogP contribution in [0.5, 0.6) is 0 Å². The zero-order valence-electron chi connectivity index (χ0n) is 5.55. The zero-order chi connectivity index (χ0) is 7.28. The first-order valence-electron chi connectivity index (χ1n) is 2.91. The fraction of sp³-hybridized carbons (Fsp3) is 0.571. The van der Waals surface area contributed by atoms with E-state index in [-0.39, 0.29) is 6.10 Å². The Labute approximate surface area is 55.2 Å².